The number of aromatic nitrogens is 5. The number of carbonyl (C=O) groups excluding carboxylic acids is 1. The van der Waals surface area contributed by atoms with E-state index in [9.17, 15) is 18.0 Å². The third kappa shape index (κ3) is 4.59. The van der Waals surface area contributed by atoms with E-state index in [1.54, 1.807) is 23.1 Å². The summed E-state index contributed by atoms with van der Waals surface area (Å²) in [5.74, 6) is -0.197. The van der Waals surface area contributed by atoms with Crippen LogP contribution in [0.1, 0.15) is 35.1 Å². The summed E-state index contributed by atoms with van der Waals surface area (Å²) in [6.07, 6.45) is -0.677. The van der Waals surface area contributed by atoms with Crippen LogP contribution in [0.5, 0.6) is 11.5 Å². The molecule has 0 aliphatic carbocycles. The molecule has 1 fully saturated rings. The van der Waals surface area contributed by atoms with Gasteiger partial charge in [0.1, 0.15) is 23.2 Å². The topological polar surface area (TPSA) is 108 Å². The van der Waals surface area contributed by atoms with Gasteiger partial charge in [-0.05, 0) is 37.1 Å². The molecule has 1 saturated heterocycles. The largest absolute Gasteiger partial charge is 0.573 e. The summed E-state index contributed by atoms with van der Waals surface area (Å²) >= 11 is 0. The summed E-state index contributed by atoms with van der Waals surface area (Å²) in [5.41, 5.74) is 0.782. The zero-order chi connectivity index (χ0) is 25.3. The maximum Gasteiger partial charge on any atom is 0.573 e. The number of halogens is 3. The van der Waals surface area contributed by atoms with Gasteiger partial charge in [-0.1, -0.05) is 17.3 Å². The van der Waals surface area contributed by atoms with Crippen molar-refractivity contribution in [2.24, 2.45) is 0 Å². The Kier molecular flexibility index (Phi) is 6.04. The SMILES string of the molecule is COc1ccc(C(=O)N2CCCC2c2nc(-c3ccccc3OC(F)(F)F)no2)c(-n2nccn2)c1. The number of alkyl halides is 3. The number of carbonyl (C=O) groups is 1. The van der Waals surface area contributed by atoms with Crippen LogP contribution >= 0.6 is 0 Å². The first kappa shape index (κ1) is 23.3. The number of methoxy groups -OCH3 is 1. The normalized spacial score (nSPS) is 15.8. The summed E-state index contributed by atoms with van der Waals surface area (Å²) in [4.78, 5) is 20.8. The third-order valence-corrected chi connectivity index (χ3v) is 5.66. The summed E-state index contributed by atoms with van der Waals surface area (Å²) in [6, 6.07) is 9.88. The molecule has 0 N–H and O–H groups in total. The standard InChI is InChI=1S/C23H19F3N6O4/c1-34-14-8-9-15(18(13-14)32-27-10-11-28-32)22(33)31-12-4-6-17(31)21-29-20(30-36-21)16-5-2-3-7-19(16)35-23(24,25)26/h2-3,5,7-11,13,17H,4,6,12H2,1H3. The van der Waals surface area contributed by atoms with Crippen molar-refractivity contribution in [1.82, 2.24) is 30.0 Å². The maximum absolute atomic E-state index is 13.6. The van der Waals surface area contributed by atoms with E-state index in [1.807, 2.05) is 0 Å². The smallest absolute Gasteiger partial charge is 0.497 e. The lowest BCUT2D eigenvalue weighted by molar-refractivity contribution is -0.274. The number of nitrogens with zero attached hydrogens (tertiary/aromatic N) is 6. The van der Waals surface area contributed by atoms with Crippen molar-refractivity contribution in [1.29, 1.82) is 0 Å². The monoisotopic (exact) mass is 500 g/mol. The van der Waals surface area contributed by atoms with E-state index < -0.39 is 18.2 Å². The Morgan fingerprint density at radius 3 is 2.67 bits per heavy atom. The van der Waals surface area contributed by atoms with Crippen LogP contribution in [0.4, 0.5) is 13.2 Å². The van der Waals surface area contributed by atoms with E-state index in [-0.39, 0.29) is 23.2 Å². The molecule has 10 nitrogen and oxygen atoms in total. The first-order valence-corrected chi connectivity index (χ1v) is 10.9. The van der Waals surface area contributed by atoms with Gasteiger partial charge < -0.3 is 18.9 Å². The summed E-state index contributed by atoms with van der Waals surface area (Å²) in [6.45, 7) is 0.424. The fourth-order valence-electron chi connectivity index (χ4n) is 4.09. The van der Waals surface area contributed by atoms with Gasteiger partial charge in [0.2, 0.25) is 11.7 Å². The average molecular weight is 500 g/mol. The van der Waals surface area contributed by atoms with Crippen molar-refractivity contribution in [2.75, 3.05) is 13.7 Å². The summed E-state index contributed by atoms with van der Waals surface area (Å²) in [5, 5.41) is 12.1. The van der Waals surface area contributed by atoms with Gasteiger partial charge in [-0.2, -0.15) is 20.0 Å². The lowest BCUT2D eigenvalue weighted by Crippen LogP contribution is -2.31. The number of rotatable bonds is 6. The van der Waals surface area contributed by atoms with Crippen LogP contribution in [-0.4, -0.2) is 56.0 Å². The van der Waals surface area contributed by atoms with E-state index >= 15 is 0 Å². The van der Waals surface area contributed by atoms with Gasteiger partial charge in [-0.25, -0.2) is 0 Å². The number of likely N-dealkylation sites (tertiary alicyclic amines) is 1. The Balaban J connectivity index is 1.45. The molecular weight excluding hydrogens is 481 g/mol. The van der Waals surface area contributed by atoms with Crippen molar-refractivity contribution in [3.63, 3.8) is 0 Å². The maximum atomic E-state index is 13.6. The number of para-hydroxylation sites is 1. The molecule has 0 bridgehead atoms. The zero-order valence-corrected chi connectivity index (χ0v) is 18.8. The Labute approximate surface area is 202 Å². The first-order valence-electron chi connectivity index (χ1n) is 10.9. The second-order valence-electron chi connectivity index (χ2n) is 7.86. The van der Waals surface area contributed by atoms with Crippen molar-refractivity contribution >= 4 is 5.91 Å². The molecule has 0 radical (unpaired) electrons. The molecule has 36 heavy (non-hydrogen) atoms. The minimum absolute atomic E-state index is 0.0166. The molecule has 2 aromatic carbocycles. The number of amides is 1. The van der Waals surface area contributed by atoms with Gasteiger partial charge in [0.05, 0.1) is 30.6 Å². The highest BCUT2D eigenvalue weighted by atomic mass is 19.4. The van der Waals surface area contributed by atoms with Crippen LogP contribution in [0.15, 0.2) is 59.4 Å². The predicted molar refractivity (Wildman–Crippen MR) is 117 cm³/mol. The number of hydrogen-bond acceptors (Lipinski definition) is 8. The molecule has 1 amide bonds. The number of benzene rings is 2. The van der Waals surface area contributed by atoms with E-state index in [1.165, 1.54) is 48.6 Å². The number of ether oxygens (including phenoxy) is 2. The van der Waals surface area contributed by atoms with Crippen LogP contribution < -0.4 is 9.47 Å². The Morgan fingerprint density at radius 1 is 1.14 bits per heavy atom. The zero-order valence-electron chi connectivity index (χ0n) is 18.8. The van der Waals surface area contributed by atoms with Crippen molar-refractivity contribution in [3.8, 4) is 28.6 Å². The highest BCUT2D eigenvalue weighted by Gasteiger charge is 2.37. The van der Waals surface area contributed by atoms with Gasteiger partial charge in [-0.15, -0.1) is 13.2 Å². The average Bonchev–Trinajstić information content (AvgIpc) is 3.64. The second kappa shape index (κ2) is 9.32. The highest BCUT2D eigenvalue weighted by Crippen LogP contribution is 2.37. The molecule has 0 saturated carbocycles. The van der Waals surface area contributed by atoms with E-state index in [2.05, 4.69) is 25.1 Å². The van der Waals surface area contributed by atoms with Gasteiger partial charge in [0.15, 0.2) is 0 Å². The first-order chi connectivity index (χ1) is 17.3. The Hall–Kier alpha value is -4.42. The van der Waals surface area contributed by atoms with Crippen LogP contribution in [0.3, 0.4) is 0 Å². The highest BCUT2D eigenvalue weighted by molar-refractivity contribution is 5.98. The van der Waals surface area contributed by atoms with Crippen molar-refractivity contribution in [2.45, 2.75) is 25.2 Å². The molecule has 186 valence electrons. The van der Waals surface area contributed by atoms with E-state index in [0.29, 0.717) is 36.4 Å². The van der Waals surface area contributed by atoms with E-state index in [4.69, 9.17) is 9.26 Å². The predicted octanol–water partition coefficient (Wildman–Crippen LogP) is 4.20. The van der Waals surface area contributed by atoms with Crippen LogP contribution in [-0.2, 0) is 0 Å². The van der Waals surface area contributed by atoms with Gasteiger partial charge in [0, 0.05) is 12.6 Å². The Bertz CT molecular complexity index is 1370. The second-order valence-corrected chi connectivity index (χ2v) is 7.86. The van der Waals surface area contributed by atoms with E-state index in [0.717, 1.165) is 0 Å². The van der Waals surface area contributed by atoms with Crippen molar-refractivity contribution in [3.05, 3.63) is 66.3 Å². The molecule has 5 rings (SSSR count). The third-order valence-electron chi connectivity index (χ3n) is 5.66. The van der Waals surface area contributed by atoms with Crippen LogP contribution in [0.25, 0.3) is 17.1 Å². The molecule has 2 aromatic heterocycles. The molecule has 13 heteroatoms. The molecule has 1 unspecified atom stereocenters. The molecule has 1 atom stereocenters. The number of hydrogen-bond donors (Lipinski definition) is 0. The Morgan fingerprint density at radius 2 is 1.92 bits per heavy atom. The van der Waals surface area contributed by atoms with Crippen LogP contribution in [0, 0.1) is 0 Å². The lowest BCUT2D eigenvalue weighted by atomic mass is 10.1. The fourth-order valence-corrected chi connectivity index (χ4v) is 4.09. The molecule has 0 spiro atoms. The molecule has 1 aliphatic rings. The van der Waals surface area contributed by atoms with Crippen LogP contribution in [0.2, 0.25) is 0 Å². The molecule has 4 aromatic rings. The molecular formula is C23H19F3N6O4. The minimum Gasteiger partial charge on any atom is -0.497 e. The molecule has 1 aliphatic heterocycles. The summed E-state index contributed by atoms with van der Waals surface area (Å²) < 4.78 is 53.2. The van der Waals surface area contributed by atoms with Gasteiger partial charge in [-0.3, -0.25) is 4.79 Å². The lowest BCUT2D eigenvalue weighted by Gasteiger charge is -2.23. The van der Waals surface area contributed by atoms with Gasteiger partial charge in [0.25, 0.3) is 5.91 Å². The fraction of sp³-hybridized carbons (Fsp3) is 0.261. The van der Waals surface area contributed by atoms with Gasteiger partial charge >= 0.3 is 6.36 Å². The summed E-state index contributed by atoms with van der Waals surface area (Å²) in [7, 11) is 1.51. The molecule has 3 heterocycles. The van der Waals surface area contributed by atoms with Crippen molar-refractivity contribution < 1.29 is 32.0 Å². The quantitative estimate of drug-likeness (QED) is 0.388. The minimum atomic E-state index is -4.88.